The molecular weight excluding hydrogens is 332 g/mol. The number of hydrogen-bond acceptors (Lipinski definition) is 6. The summed E-state index contributed by atoms with van der Waals surface area (Å²) < 4.78 is 0. The standard InChI is InChI=1S/C15H18N4O2S2/c1-2-16-13(20)8-19-5-3-11-12(7-19)23-15(17-11)18-14(21)10-4-6-22-9-10/h4,6,9H,2-3,5,7-8H2,1H3,(H,16,20)(H,17,18,21). The van der Waals surface area contributed by atoms with Crippen molar-refractivity contribution in [3.8, 4) is 0 Å². The molecule has 0 atom stereocenters. The molecule has 3 rings (SSSR count). The molecule has 0 unspecified atom stereocenters. The Morgan fingerprint density at radius 2 is 2.30 bits per heavy atom. The average molecular weight is 350 g/mol. The second-order valence-corrected chi connectivity index (χ2v) is 7.13. The van der Waals surface area contributed by atoms with E-state index >= 15 is 0 Å². The van der Waals surface area contributed by atoms with Gasteiger partial charge in [0, 0.05) is 36.3 Å². The molecule has 2 aromatic heterocycles. The van der Waals surface area contributed by atoms with Crippen molar-refractivity contribution >= 4 is 39.6 Å². The van der Waals surface area contributed by atoms with Gasteiger partial charge in [-0.3, -0.25) is 19.8 Å². The first-order chi connectivity index (χ1) is 11.2. The highest BCUT2D eigenvalue weighted by Gasteiger charge is 2.22. The number of aromatic nitrogens is 1. The van der Waals surface area contributed by atoms with Gasteiger partial charge < -0.3 is 5.32 Å². The van der Waals surface area contributed by atoms with Crippen LogP contribution in [0.4, 0.5) is 5.13 Å². The monoisotopic (exact) mass is 350 g/mol. The van der Waals surface area contributed by atoms with E-state index in [1.165, 1.54) is 22.7 Å². The number of nitrogens with zero attached hydrogens (tertiary/aromatic N) is 2. The van der Waals surface area contributed by atoms with Gasteiger partial charge in [0.05, 0.1) is 17.8 Å². The minimum Gasteiger partial charge on any atom is -0.355 e. The molecule has 1 aliphatic heterocycles. The number of rotatable bonds is 5. The number of thiazole rings is 1. The number of hydrogen-bond donors (Lipinski definition) is 2. The molecule has 2 N–H and O–H groups in total. The number of carbonyl (C=O) groups is 2. The Bertz CT molecular complexity index is 696. The van der Waals surface area contributed by atoms with Crippen LogP contribution in [0.25, 0.3) is 0 Å². The quantitative estimate of drug-likeness (QED) is 0.864. The lowest BCUT2D eigenvalue weighted by atomic mass is 10.2. The van der Waals surface area contributed by atoms with Gasteiger partial charge >= 0.3 is 0 Å². The summed E-state index contributed by atoms with van der Waals surface area (Å²) in [6, 6.07) is 1.79. The molecule has 0 aliphatic carbocycles. The number of nitrogens with one attached hydrogen (secondary N) is 2. The Kier molecular flexibility index (Phi) is 5.04. The van der Waals surface area contributed by atoms with E-state index < -0.39 is 0 Å². The zero-order valence-electron chi connectivity index (χ0n) is 12.8. The summed E-state index contributed by atoms with van der Waals surface area (Å²) in [5.41, 5.74) is 1.68. The molecule has 3 heterocycles. The Hall–Kier alpha value is -1.77. The topological polar surface area (TPSA) is 74.3 Å². The van der Waals surface area contributed by atoms with E-state index in [4.69, 9.17) is 0 Å². The van der Waals surface area contributed by atoms with Gasteiger partial charge in [0.25, 0.3) is 5.91 Å². The minimum atomic E-state index is -0.128. The van der Waals surface area contributed by atoms with Crippen molar-refractivity contribution in [3.63, 3.8) is 0 Å². The van der Waals surface area contributed by atoms with Crippen LogP contribution in [0.3, 0.4) is 0 Å². The van der Waals surface area contributed by atoms with Gasteiger partial charge in [-0.25, -0.2) is 4.98 Å². The summed E-state index contributed by atoms with van der Waals surface area (Å²) in [5, 5.41) is 9.99. The van der Waals surface area contributed by atoms with E-state index in [1.807, 2.05) is 17.7 Å². The first kappa shape index (κ1) is 16.1. The Labute approximate surface area is 142 Å². The number of carbonyl (C=O) groups excluding carboxylic acids is 2. The zero-order valence-corrected chi connectivity index (χ0v) is 14.4. The number of amides is 2. The van der Waals surface area contributed by atoms with E-state index in [9.17, 15) is 9.59 Å². The maximum Gasteiger partial charge on any atom is 0.258 e. The third kappa shape index (κ3) is 3.95. The van der Waals surface area contributed by atoms with E-state index in [1.54, 1.807) is 6.07 Å². The average Bonchev–Trinajstić information content (AvgIpc) is 3.15. The van der Waals surface area contributed by atoms with Gasteiger partial charge in [0.1, 0.15) is 0 Å². The van der Waals surface area contributed by atoms with E-state index in [-0.39, 0.29) is 11.8 Å². The van der Waals surface area contributed by atoms with Crippen LogP contribution >= 0.6 is 22.7 Å². The maximum absolute atomic E-state index is 12.1. The van der Waals surface area contributed by atoms with E-state index in [2.05, 4.69) is 20.5 Å². The summed E-state index contributed by atoms with van der Waals surface area (Å²) in [5.74, 6) is -0.0806. The van der Waals surface area contributed by atoms with Crippen molar-refractivity contribution in [2.24, 2.45) is 0 Å². The SMILES string of the molecule is CCNC(=O)CN1CCc2nc(NC(=O)c3ccsc3)sc2C1. The third-order valence-electron chi connectivity index (χ3n) is 3.56. The van der Waals surface area contributed by atoms with E-state index in [0.717, 1.165) is 23.5 Å². The van der Waals surface area contributed by atoms with Crippen molar-refractivity contribution in [3.05, 3.63) is 33.0 Å². The predicted molar refractivity (Wildman–Crippen MR) is 92.1 cm³/mol. The van der Waals surface area contributed by atoms with Crippen LogP contribution in [-0.4, -0.2) is 41.3 Å². The molecule has 122 valence electrons. The van der Waals surface area contributed by atoms with E-state index in [0.29, 0.717) is 30.3 Å². The largest absolute Gasteiger partial charge is 0.355 e. The molecule has 0 bridgehead atoms. The maximum atomic E-state index is 12.1. The molecule has 0 radical (unpaired) electrons. The third-order valence-corrected chi connectivity index (χ3v) is 5.24. The Balaban J connectivity index is 1.62. The highest BCUT2D eigenvalue weighted by Crippen LogP contribution is 2.28. The molecule has 0 spiro atoms. The molecule has 2 amide bonds. The normalized spacial score (nSPS) is 14.3. The molecular formula is C15H18N4O2S2. The lowest BCUT2D eigenvalue weighted by Gasteiger charge is -2.24. The molecule has 2 aromatic rings. The van der Waals surface area contributed by atoms with Gasteiger partial charge in [0.2, 0.25) is 5.91 Å². The van der Waals surface area contributed by atoms with Crippen LogP contribution in [0.2, 0.25) is 0 Å². The Morgan fingerprint density at radius 1 is 1.43 bits per heavy atom. The number of thiophene rings is 1. The van der Waals surface area contributed by atoms with Gasteiger partial charge in [0.15, 0.2) is 5.13 Å². The minimum absolute atomic E-state index is 0.0476. The van der Waals surface area contributed by atoms with Crippen LogP contribution in [0.5, 0.6) is 0 Å². The van der Waals surface area contributed by atoms with Crippen molar-refractivity contribution < 1.29 is 9.59 Å². The highest BCUT2D eigenvalue weighted by atomic mass is 32.1. The highest BCUT2D eigenvalue weighted by molar-refractivity contribution is 7.16. The fourth-order valence-corrected chi connectivity index (χ4v) is 4.14. The van der Waals surface area contributed by atoms with Crippen LogP contribution in [0.1, 0.15) is 27.9 Å². The van der Waals surface area contributed by atoms with Crippen molar-refractivity contribution in [2.45, 2.75) is 19.9 Å². The first-order valence-corrected chi connectivity index (χ1v) is 9.23. The number of likely N-dealkylation sites (N-methyl/N-ethyl adjacent to an activating group) is 1. The second kappa shape index (κ2) is 7.20. The van der Waals surface area contributed by atoms with Crippen molar-refractivity contribution in [1.82, 2.24) is 15.2 Å². The summed E-state index contributed by atoms with van der Waals surface area (Å²) in [4.78, 5) is 31.5. The fourth-order valence-electron chi connectivity index (χ4n) is 2.46. The Morgan fingerprint density at radius 3 is 3.04 bits per heavy atom. The fraction of sp³-hybridized carbons (Fsp3) is 0.400. The molecule has 8 heteroatoms. The molecule has 0 saturated heterocycles. The van der Waals surface area contributed by atoms with Gasteiger partial charge in [-0.2, -0.15) is 11.3 Å². The smallest absolute Gasteiger partial charge is 0.258 e. The number of fused-ring (bicyclic) bond motifs is 1. The molecule has 6 nitrogen and oxygen atoms in total. The summed E-state index contributed by atoms with van der Waals surface area (Å²) in [6.45, 7) is 4.49. The van der Waals surface area contributed by atoms with Crippen LogP contribution in [0.15, 0.2) is 16.8 Å². The lowest BCUT2D eigenvalue weighted by molar-refractivity contribution is -0.122. The zero-order chi connectivity index (χ0) is 16.2. The van der Waals surface area contributed by atoms with Gasteiger partial charge in [-0.05, 0) is 18.4 Å². The lowest BCUT2D eigenvalue weighted by Crippen LogP contribution is -2.39. The molecule has 0 saturated carbocycles. The molecule has 0 fully saturated rings. The molecule has 23 heavy (non-hydrogen) atoms. The van der Waals surface area contributed by atoms with Crippen LogP contribution < -0.4 is 10.6 Å². The van der Waals surface area contributed by atoms with Crippen LogP contribution in [-0.2, 0) is 17.8 Å². The van der Waals surface area contributed by atoms with Gasteiger partial charge in [-0.1, -0.05) is 0 Å². The molecule has 0 aromatic carbocycles. The van der Waals surface area contributed by atoms with Crippen molar-refractivity contribution in [1.29, 1.82) is 0 Å². The van der Waals surface area contributed by atoms with Gasteiger partial charge in [-0.15, -0.1) is 11.3 Å². The second-order valence-electron chi connectivity index (χ2n) is 5.27. The number of anilines is 1. The van der Waals surface area contributed by atoms with Crippen LogP contribution in [0, 0.1) is 0 Å². The van der Waals surface area contributed by atoms with Crippen molar-refractivity contribution in [2.75, 3.05) is 25.0 Å². The first-order valence-electron chi connectivity index (χ1n) is 7.47. The summed E-state index contributed by atoms with van der Waals surface area (Å²) in [6.07, 6.45) is 0.805. The summed E-state index contributed by atoms with van der Waals surface area (Å²) in [7, 11) is 0. The predicted octanol–water partition coefficient (Wildman–Crippen LogP) is 1.95. The summed E-state index contributed by atoms with van der Waals surface area (Å²) >= 11 is 2.99. The molecule has 1 aliphatic rings.